The Morgan fingerprint density at radius 2 is 1.76 bits per heavy atom. The van der Waals surface area contributed by atoms with Gasteiger partial charge in [-0.15, -0.1) is 0 Å². The van der Waals surface area contributed by atoms with Crippen LogP contribution in [0.25, 0.3) is 17.0 Å². The number of hydrogen-bond donors (Lipinski definition) is 2. The highest BCUT2D eigenvalue weighted by molar-refractivity contribution is 6.06. The van der Waals surface area contributed by atoms with Crippen molar-refractivity contribution < 1.29 is 14.3 Å². The van der Waals surface area contributed by atoms with Crippen molar-refractivity contribution in [3.63, 3.8) is 0 Å². The predicted molar refractivity (Wildman–Crippen MR) is 130 cm³/mol. The minimum Gasteiger partial charge on any atom is -0.379 e. The highest BCUT2D eigenvalue weighted by Crippen LogP contribution is 2.22. The summed E-state index contributed by atoms with van der Waals surface area (Å²) in [6.45, 7) is 4.80. The standard InChI is InChI=1S/C26H30N4O3/c1-29-19-21(22-10-5-6-11-24(22)29)18-23(28-25(31)20-8-3-2-4-9-20)26(32)27-12-7-13-30-14-16-33-17-15-30/h2-6,8-11,18-19H,7,12-17H2,1H3,(H,27,32)(H,28,31). The van der Waals surface area contributed by atoms with Gasteiger partial charge >= 0.3 is 0 Å². The Labute approximate surface area is 194 Å². The second-order valence-electron chi connectivity index (χ2n) is 8.15. The summed E-state index contributed by atoms with van der Waals surface area (Å²) in [5, 5.41) is 6.81. The number of hydrogen-bond acceptors (Lipinski definition) is 4. The first kappa shape index (κ1) is 22.8. The van der Waals surface area contributed by atoms with Crippen LogP contribution in [0.4, 0.5) is 0 Å². The fraction of sp³-hybridized carbons (Fsp3) is 0.308. The first-order chi connectivity index (χ1) is 16.1. The average molecular weight is 447 g/mol. The molecule has 1 aromatic heterocycles. The van der Waals surface area contributed by atoms with Crippen LogP contribution in [0.5, 0.6) is 0 Å². The number of rotatable bonds is 8. The number of nitrogens with zero attached hydrogens (tertiary/aromatic N) is 2. The molecule has 2 heterocycles. The zero-order chi connectivity index (χ0) is 23.0. The predicted octanol–water partition coefficient (Wildman–Crippen LogP) is 2.79. The van der Waals surface area contributed by atoms with E-state index in [0.717, 1.165) is 55.7 Å². The third kappa shape index (κ3) is 5.88. The van der Waals surface area contributed by atoms with E-state index in [2.05, 4.69) is 15.5 Å². The first-order valence-electron chi connectivity index (χ1n) is 11.3. The van der Waals surface area contributed by atoms with Gasteiger partial charge in [0.1, 0.15) is 5.70 Å². The van der Waals surface area contributed by atoms with Crippen molar-refractivity contribution in [2.75, 3.05) is 39.4 Å². The fourth-order valence-electron chi connectivity index (χ4n) is 4.01. The Morgan fingerprint density at radius 3 is 2.55 bits per heavy atom. The highest BCUT2D eigenvalue weighted by atomic mass is 16.5. The first-order valence-corrected chi connectivity index (χ1v) is 11.3. The number of para-hydroxylation sites is 1. The van der Waals surface area contributed by atoms with Crippen molar-refractivity contribution in [2.45, 2.75) is 6.42 Å². The molecule has 172 valence electrons. The number of carbonyl (C=O) groups is 2. The van der Waals surface area contributed by atoms with Gasteiger partial charge in [0.15, 0.2) is 0 Å². The van der Waals surface area contributed by atoms with Gasteiger partial charge in [0.05, 0.1) is 13.2 Å². The number of benzene rings is 2. The Hall–Kier alpha value is -3.42. The summed E-state index contributed by atoms with van der Waals surface area (Å²) >= 11 is 0. The van der Waals surface area contributed by atoms with Crippen LogP contribution < -0.4 is 10.6 Å². The number of amides is 2. The number of morpholine rings is 1. The van der Waals surface area contributed by atoms with Crippen molar-refractivity contribution in [3.8, 4) is 0 Å². The number of nitrogens with one attached hydrogen (secondary N) is 2. The molecule has 2 N–H and O–H groups in total. The van der Waals surface area contributed by atoms with Gasteiger partial charge in [-0.2, -0.15) is 0 Å². The summed E-state index contributed by atoms with van der Waals surface area (Å²) in [7, 11) is 1.97. The van der Waals surface area contributed by atoms with E-state index >= 15 is 0 Å². The van der Waals surface area contributed by atoms with Gasteiger partial charge in [-0.05, 0) is 37.2 Å². The number of ether oxygens (including phenoxy) is 1. The molecule has 3 aromatic rings. The van der Waals surface area contributed by atoms with Crippen LogP contribution in [0.15, 0.2) is 66.5 Å². The molecule has 1 aliphatic heterocycles. The molecule has 2 amide bonds. The van der Waals surface area contributed by atoms with E-state index in [-0.39, 0.29) is 17.5 Å². The monoisotopic (exact) mass is 446 g/mol. The van der Waals surface area contributed by atoms with Gasteiger partial charge in [-0.1, -0.05) is 36.4 Å². The van der Waals surface area contributed by atoms with Gasteiger partial charge in [0.25, 0.3) is 11.8 Å². The second kappa shape index (κ2) is 10.9. The smallest absolute Gasteiger partial charge is 0.267 e. The van der Waals surface area contributed by atoms with Crippen molar-refractivity contribution in [3.05, 3.63) is 77.6 Å². The Kier molecular flexibility index (Phi) is 7.55. The number of carbonyl (C=O) groups excluding carboxylic acids is 2. The topological polar surface area (TPSA) is 75.6 Å². The van der Waals surface area contributed by atoms with Gasteiger partial charge in [0.2, 0.25) is 0 Å². The van der Waals surface area contributed by atoms with Gasteiger partial charge in [-0.3, -0.25) is 14.5 Å². The van der Waals surface area contributed by atoms with Crippen LogP contribution in [-0.2, 0) is 16.6 Å². The molecular weight excluding hydrogens is 416 g/mol. The molecule has 1 saturated heterocycles. The van der Waals surface area contributed by atoms with Crippen molar-refractivity contribution >= 4 is 28.8 Å². The van der Waals surface area contributed by atoms with Gasteiger partial charge in [-0.25, -0.2) is 0 Å². The molecule has 4 rings (SSSR count). The molecule has 0 unspecified atom stereocenters. The molecule has 0 atom stereocenters. The minimum atomic E-state index is -0.314. The number of fused-ring (bicyclic) bond motifs is 1. The molecule has 0 aliphatic carbocycles. The lowest BCUT2D eigenvalue weighted by molar-refractivity contribution is -0.117. The van der Waals surface area contributed by atoms with Crippen molar-refractivity contribution in [1.29, 1.82) is 0 Å². The highest BCUT2D eigenvalue weighted by Gasteiger charge is 2.16. The van der Waals surface area contributed by atoms with Crippen LogP contribution in [0.2, 0.25) is 0 Å². The normalized spacial score (nSPS) is 14.9. The molecule has 0 radical (unpaired) electrons. The van der Waals surface area contributed by atoms with Crippen LogP contribution in [0.1, 0.15) is 22.3 Å². The molecule has 1 fully saturated rings. The Bertz CT molecular complexity index is 1130. The van der Waals surface area contributed by atoms with E-state index in [1.54, 1.807) is 30.3 Å². The molecule has 2 aromatic carbocycles. The van der Waals surface area contributed by atoms with Gasteiger partial charge in [0, 0.05) is 54.9 Å². The van der Waals surface area contributed by atoms with E-state index in [4.69, 9.17) is 4.74 Å². The number of aryl methyl sites for hydroxylation is 1. The van der Waals surface area contributed by atoms with Gasteiger partial charge < -0.3 is 19.9 Å². The van der Waals surface area contributed by atoms with E-state index < -0.39 is 0 Å². The molecule has 33 heavy (non-hydrogen) atoms. The summed E-state index contributed by atoms with van der Waals surface area (Å²) in [5.74, 6) is -0.611. The summed E-state index contributed by atoms with van der Waals surface area (Å²) in [6.07, 6.45) is 4.55. The SMILES string of the molecule is Cn1cc(C=C(NC(=O)c2ccccc2)C(=O)NCCCN2CCOCC2)c2ccccc21. The zero-order valence-corrected chi connectivity index (χ0v) is 18.9. The molecule has 0 spiro atoms. The van der Waals surface area contributed by atoms with Crippen molar-refractivity contribution in [1.82, 2.24) is 20.1 Å². The van der Waals surface area contributed by atoms with E-state index in [0.29, 0.717) is 12.1 Å². The lowest BCUT2D eigenvalue weighted by atomic mass is 10.1. The van der Waals surface area contributed by atoms with Crippen LogP contribution in [0.3, 0.4) is 0 Å². The fourth-order valence-corrected chi connectivity index (χ4v) is 4.01. The Balaban J connectivity index is 1.49. The molecule has 7 nitrogen and oxygen atoms in total. The maximum Gasteiger partial charge on any atom is 0.267 e. The molecular formula is C26H30N4O3. The molecule has 1 aliphatic rings. The lowest BCUT2D eigenvalue weighted by Gasteiger charge is -2.26. The lowest BCUT2D eigenvalue weighted by Crippen LogP contribution is -2.39. The second-order valence-corrected chi connectivity index (χ2v) is 8.15. The third-order valence-electron chi connectivity index (χ3n) is 5.80. The zero-order valence-electron chi connectivity index (χ0n) is 18.9. The molecule has 0 saturated carbocycles. The van der Waals surface area contributed by atoms with Crippen LogP contribution in [0, 0.1) is 0 Å². The maximum absolute atomic E-state index is 13.1. The number of aromatic nitrogens is 1. The summed E-state index contributed by atoms with van der Waals surface area (Å²) in [6, 6.07) is 16.9. The average Bonchev–Trinajstić information content (AvgIpc) is 3.17. The minimum absolute atomic E-state index is 0.228. The van der Waals surface area contributed by atoms with Crippen LogP contribution >= 0.6 is 0 Å². The van der Waals surface area contributed by atoms with Crippen molar-refractivity contribution in [2.24, 2.45) is 7.05 Å². The largest absolute Gasteiger partial charge is 0.379 e. The molecule has 7 heteroatoms. The summed E-state index contributed by atoms with van der Waals surface area (Å²) in [4.78, 5) is 28.2. The quantitative estimate of drug-likeness (QED) is 0.412. The Morgan fingerprint density at radius 1 is 1.03 bits per heavy atom. The summed E-state index contributed by atoms with van der Waals surface area (Å²) < 4.78 is 7.39. The van der Waals surface area contributed by atoms with E-state index in [1.807, 2.05) is 48.1 Å². The van der Waals surface area contributed by atoms with Crippen LogP contribution in [-0.4, -0.2) is 60.7 Å². The van der Waals surface area contributed by atoms with E-state index in [1.165, 1.54) is 0 Å². The van der Waals surface area contributed by atoms with E-state index in [9.17, 15) is 9.59 Å². The third-order valence-corrected chi connectivity index (χ3v) is 5.80. The summed E-state index contributed by atoms with van der Waals surface area (Å²) in [5.41, 5.74) is 2.66. The maximum atomic E-state index is 13.1. The molecule has 0 bridgehead atoms.